The number of benzene rings is 1. The topological polar surface area (TPSA) is 68.0 Å². The number of amides is 1. The fraction of sp³-hybridized carbons (Fsp3) is 0.308. The molecule has 0 atom stereocenters. The highest BCUT2D eigenvalue weighted by Crippen LogP contribution is 2.25. The van der Waals surface area contributed by atoms with Crippen molar-refractivity contribution in [3.8, 4) is 11.3 Å². The van der Waals surface area contributed by atoms with E-state index in [1.807, 2.05) is 6.92 Å². The monoisotopic (exact) mass is 279 g/mol. The first-order valence-electron chi connectivity index (χ1n) is 6.09. The number of halogens is 1. The molecule has 0 bridgehead atoms. The minimum Gasteiger partial charge on any atom is -0.306 e. The summed E-state index contributed by atoms with van der Waals surface area (Å²) in [5.41, 5.74) is 1.29. The first-order chi connectivity index (χ1) is 9.20. The van der Waals surface area contributed by atoms with Gasteiger partial charge in [0.15, 0.2) is 5.69 Å². The van der Waals surface area contributed by atoms with Crippen molar-refractivity contribution < 1.29 is 9.42 Å². The second kappa shape index (κ2) is 6.33. The van der Waals surface area contributed by atoms with E-state index in [2.05, 4.69) is 20.3 Å². The smallest absolute Gasteiger partial charge is 0.225 e. The number of nitrogens with zero attached hydrogens (tertiary/aromatic N) is 2. The highest BCUT2D eigenvalue weighted by atomic mass is 35.5. The van der Waals surface area contributed by atoms with Crippen LogP contribution in [0.5, 0.6) is 0 Å². The Morgan fingerprint density at radius 1 is 1.32 bits per heavy atom. The zero-order chi connectivity index (χ0) is 13.7. The molecular weight excluding hydrogens is 266 g/mol. The van der Waals surface area contributed by atoms with Crippen LogP contribution in [-0.4, -0.2) is 16.2 Å². The van der Waals surface area contributed by atoms with Gasteiger partial charge in [-0.3, -0.25) is 4.79 Å². The Balaban J connectivity index is 2.13. The van der Waals surface area contributed by atoms with E-state index in [4.69, 9.17) is 11.6 Å². The Kier molecular flexibility index (Phi) is 4.52. The molecule has 0 spiro atoms. The molecule has 1 heterocycles. The maximum Gasteiger partial charge on any atom is 0.225 e. The highest BCUT2D eigenvalue weighted by Gasteiger charge is 2.14. The molecule has 6 heteroatoms. The lowest BCUT2D eigenvalue weighted by atomic mass is 10.1. The Labute approximate surface area is 115 Å². The normalized spacial score (nSPS) is 10.4. The number of hydrogen-bond donors (Lipinski definition) is 1. The predicted octanol–water partition coefficient (Wildman–Crippen LogP) is 3.52. The van der Waals surface area contributed by atoms with E-state index in [1.165, 1.54) is 0 Å². The van der Waals surface area contributed by atoms with Gasteiger partial charge in [0, 0.05) is 17.0 Å². The number of anilines is 1. The van der Waals surface area contributed by atoms with Crippen LogP contribution in [-0.2, 0) is 4.79 Å². The first kappa shape index (κ1) is 13.5. The minimum absolute atomic E-state index is 0.0900. The number of aromatic nitrogens is 2. The summed E-state index contributed by atoms with van der Waals surface area (Å²) in [7, 11) is 0. The molecule has 1 amide bonds. The molecule has 100 valence electrons. The largest absolute Gasteiger partial charge is 0.306 e. The third kappa shape index (κ3) is 3.54. The molecule has 0 aliphatic carbocycles. The molecule has 1 aromatic heterocycles. The number of hydrogen-bond acceptors (Lipinski definition) is 4. The van der Waals surface area contributed by atoms with E-state index < -0.39 is 0 Å². The molecule has 0 saturated heterocycles. The molecule has 1 aromatic carbocycles. The summed E-state index contributed by atoms with van der Waals surface area (Å²) in [6.07, 6.45) is 2.27. The van der Waals surface area contributed by atoms with Crippen molar-refractivity contribution >= 4 is 23.3 Å². The molecule has 0 aliphatic heterocycles. The van der Waals surface area contributed by atoms with Gasteiger partial charge in [-0.25, -0.2) is 4.63 Å². The van der Waals surface area contributed by atoms with Crippen LogP contribution in [0.3, 0.4) is 0 Å². The van der Waals surface area contributed by atoms with E-state index >= 15 is 0 Å². The average Bonchev–Trinajstić information content (AvgIpc) is 2.85. The molecule has 1 N–H and O–H groups in total. The molecule has 2 rings (SSSR count). The maximum atomic E-state index is 11.7. The van der Waals surface area contributed by atoms with Gasteiger partial charge in [0.25, 0.3) is 0 Å². The molecular formula is C13H14ClN3O2. The summed E-state index contributed by atoms with van der Waals surface area (Å²) in [5.74, 6) is 0.246. The second-order valence-corrected chi connectivity index (χ2v) is 4.56. The van der Waals surface area contributed by atoms with Crippen molar-refractivity contribution in [2.24, 2.45) is 0 Å². The van der Waals surface area contributed by atoms with Crippen molar-refractivity contribution in [2.75, 3.05) is 5.32 Å². The number of unbranched alkanes of at least 4 members (excludes halogenated alkanes) is 1. The summed E-state index contributed by atoms with van der Waals surface area (Å²) in [5, 5.41) is 10.8. The van der Waals surface area contributed by atoms with E-state index in [0.29, 0.717) is 23.0 Å². The number of carbonyl (C=O) groups is 1. The Bertz CT molecular complexity index is 551. The van der Waals surface area contributed by atoms with Gasteiger partial charge in [-0.1, -0.05) is 37.1 Å². The SMILES string of the molecule is CCCCC(=O)Nc1nonc1-c1ccc(Cl)cc1. The van der Waals surface area contributed by atoms with Crippen LogP contribution >= 0.6 is 11.6 Å². The van der Waals surface area contributed by atoms with Gasteiger partial charge in [-0.15, -0.1) is 0 Å². The Morgan fingerprint density at radius 3 is 2.74 bits per heavy atom. The van der Waals surface area contributed by atoms with Gasteiger partial charge in [0.05, 0.1) is 0 Å². The fourth-order valence-corrected chi connectivity index (χ4v) is 1.73. The molecule has 0 radical (unpaired) electrons. The van der Waals surface area contributed by atoms with E-state index in [-0.39, 0.29) is 5.91 Å². The van der Waals surface area contributed by atoms with Crippen LogP contribution in [0.2, 0.25) is 5.02 Å². The Hall–Kier alpha value is -1.88. The van der Waals surface area contributed by atoms with Crippen molar-refractivity contribution in [1.82, 2.24) is 10.3 Å². The lowest BCUT2D eigenvalue weighted by molar-refractivity contribution is -0.116. The van der Waals surface area contributed by atoms with Gasteiger partial charge in [-0.05, 0) is 28.9 Å². The van der Waals surface area contributed by atoms with E-state index in [1.54, 1.807) is 24.3 Å². The van der Waals surface area contributed by atoms with E-state index in [0.717, 1.165) is 18.4 Å². The number of rotatable bonds is 5. The van der Waals surface area contributed by atoms with Crippen molar-refractivity contribution in [3.05, 3.63) is 29.3 Å². The molecule has 0 unspecified atom stereocenters. The van der Waals surface area contributed by atoms with Crippen molar-refractivity contribution in [3.63, 3.8) is 0 Å². The standard InChI is InChI=1S/C13H14ClN3O2/c1-2-3-4-11(18)15-13-12(16-19-17-13)9-5-7-10(14)8-6-9/h5-8H,2-4H2,1H3,(H,15,17,18). The first-order valence-corrected chi connectivity index (χ1v) is 6.47. The van der Waals surface area contributed by atoms with Gasteiger partial charge in [0.2, 0.25) is 11.7 Å². The third-order valence-corrected chi connectivity index (χ3v) is 2.87. The van der Waals surface area contributed by atoms with E-state index in [9.17, 15) is 4.79 Å². The zero-order valence-electron chi connectivity index (χ0n) is 10.5. The van der Waals surface area contributed by atoms with Crippen molar-refractivity contribution in [2.45, 2.75) is 26.2 Å². The van der Waals surface area contributed by atoms with Crippen LogP contribution in [0, 0.1) is 0 Å². The number of nitrogens with one attached hydrogen (secondary N) is 1. The summed E-state index contributed by atoms with van der Waals surface area (Å²) < 4.78 is 4.69. The lowest BCUT2D eigenvalue weighted by Gasteiger charge is -2.02. The van der Waals surface area contributed by atoms with Crippen LogP contribution in [0.15, 0.2) is 28.9 Å². The molecule has 19 heavy (non-hydrogen) atoms. The summed E-state index contributed by atoms with van der Waals surface area (Å²) in [6.45, 7) is 2.03. The highest BCUT2D eigenvalue weighted by molar-refractivity contribution is 6.30. The quantitative estimate of drug-likeness (QED) is 0.909. The van der Waals surface area contributed by atoms with Gasteiger partial charge in [0.1, 0.15) is 0 Å². The van der Waals surface area contributed by atoms with Gasteiger partial charge >= 0.3 is 0 Å². The molecule has 0 fully saturated rings. The zero-order valence-corrected chi connectivity index (χ0v) is 11.3. The summed E-state index contributed by atoms with van der Waals surface area (Å²) >= 11 is 5.83. The average molecular weight is 280 g/mol. The lowest BCUT2D eigenvalue weighted by Crippen LogP contribution is -2.11. The molecule has 2 aromatic rings. The third-order valence-electron chi connectivity index (χ3n) is 2.62. The van der Waals surface area contributed by atoms with Crippen LogP contribution in [0.1, 0.15) is 26.2 Å². The summed E-state index contributed by atoms with van der Waals surface area (Å²) in [6, 6.07) is 7.08. The molecule has 0 aliphatic rings. The maximum absolute atomic E-state index is 11.7. The van der Waals surface area contributed by atoms with Crippen LogP contribution in [0.4, 0.5) is 5.82 Å². The summed E-state index contributed by atoms with van der Waals surface area (Å²) in [4.78, 5) is 11.7. The van der Waals surface area contributed by atoms with Gasteiger partial charge in [-0.2, -0.15) is 0 Å². The molecule has 5 nitrogen and oxygen atoms in total. The predicted molar refractivity (Wildman–Crippen MR) is 72.9 cm³/mol. The Morgan fingerprint density at radius 2 is 2.05 bits per heavy atom. The fourth-order valence-electron chi connectivity index (χ4n) is 1.60. The number of carbonyl (C=O) groups excluding carboxylic acids is 1. The van der Waals surface area contributed by atoms with Crippen LogP contribution < -0.4 is 5.32 Å². The molecule has 0 saturated carbocycles. The minimum atomic E-state index is -0.0900. The van der Waals surface area contributed by atoms with Crippen LogP contribution in [0.25, 0.3) is 11.3 Å². The van der Waals surface area contributed by atoms with Gasteiger partial charge < -0.3 is 5.32 Å². The van der Waals surface area contributed by atoms with Crippen molar-refractivity contribution in [1.29, 1.82) is 0 Å². The second-order valence-electron chi connectivity index (χ2n) is 4.12.